The number of carbonyl (C=O) groups is 2. The van der Waals surface area contributed by atoms with Crippen LogP contribution in [0, 0.1) is 6.92 Å². The normalized spacial score (nSPS) is 10.5. The number of aryl methyl sites for hydroxylation is 1. The lowest BCUT2D eigenvalue weighted by atomic mass is 10.1. The van der Waals surface area contributed by atoms with Gasteiger partial charge in [0.2, 0.25) is 0 Å². The molecule has 28 heavy (non-hydrogen) atoms. The summed E-state index contributed by atoms with van der Waals surface area (Å²) in [4.78, 5) is 23.7. The molecular weight excluding hydrogens is 358 g/mol. The lowest BCUT2D eigenvalue weighted by Gasteiger charge is -2.11. The topological polar surface area (TPSA) is 73.9 Å². The van der Waals surface area contributed by atoms with Gasteiger partial charge in [-0.15, -0.1) is 0 Å². The first-order chi connectivity index (χ1) is 13.5. The monoisotopic (exact) mass is 383 g/mol. The van der Waals surface area contributed by atoms with Crippen LogP contribution in [0.2, 0.25) is 0 Å². The van der Waals surface area contributed by atoms with E-state index in [-0.39, 0.29) is 19.1 Å². The van der Waals surface area contributed by atoms with E-state index in [1.54, 1.807) is 12.1 Å². The zero-order valence-electron chi connectivity index (χ0n) is 16.4. The van der Waals surface area contributed by atoms with E-state index < -0.39 is 5.97 Å². The van der Waals surface area contributed by atoms with E-state index in [2.05, 4.69) is 5.32 Å². The average Bonchev–Trinajstić information content (AvgIpc) is 2.70. The number of amides is 1. The highest BCUT2D eigenvalue weighted by Gasteiger charge is 2.11. The third-order valence-electron chi connectivity index (χ3n) is 3.99. The molecule has 0 saturated carbocycles. The second kappa shape index (κ2) is 10.8. The number of hydrogen-bond donors (Lipinski definition) is 1. The molecule has 6 nitrogen and oxygen atoms in total. The number of methoxy groups -OCH3 is 1. The molecule has 1 N–H and O–H groups in total. The quantitative estimate of drug-likeness (QED) is 0.673. The van der Waals surface area contributed by atoms with Crippen LogP contribution in [0.15, 0.2) is 48.5 Å². The SMILES string of the molecule is C/C=C/c1ccc(OCC(=O)OCC(=O)NCc2ccccc2C)c(OC)c1. The molecule has 2 rings (SSSR count). The molecule has 0 fully saturated rings. The van der Waals surface area contributed by atoms with Gasteiger partial charge < -0.3 is 19.5 Å². The Kier molecular flexibility index (Phi) is 8.09. The molecule has 0 atom stereocenters. The van der Waals surface area contributed by atoms with E-state index in [1.807, 2.05) is 56.3 Å². The van der Waals surface area contributed by atoms with Crippen molar-refractivity contribution < 1.29 is 23.8 Å². The minimum atomic E-state index is -0.634. The Hall–Kier alpha value is -3.28. The van der Waals surface area contributed by atoms with E-state index in [1.165, 1.54) is 7.11 Å². The van der Waals surface area contributed by atoms with Gasteiger partial charge >= 0.3 is 5.97 Å². The van der Waals surface area contributed by atoms with Crippen LogP contribution in [-0.4, -0.2) is 32.2 Å². The van der Waals surface area contributed by atoms with Crippen LogP contribution in [0.25, 0.3) is 6.08 Å². The molecular formula is C22H25NO5. The number of benzene rings is 2. The van der Waals surface area contributed by atoms with Gasteiger partial charge in [0.05, 0.1) is 7.11 Å². The van der Waals surface area contributed by atoms with Crippen LogP contribution in [-0.2, 0) is 20.9 Å². The maximum absolute atomic E-state index is 11.9. The molecule has 0 unspecified atom stereocenters. The second-order valence-corrected chi connectivity index (χ2v) is 6.06. The van der Waals surface area contributed by atoms with Crippen LogP contribution < -0.4 is 14.8 Å². The third-order valence-corrected chi connectivity index (χ3v) is 3.99. The first-order valence-electron chi connectivity index (χ1n) is 8.94. The van der Waals surface area contributed by atoms with Gasteiger partial charge in [0, 0.05) is 6.54 Å². The lowest BCUT2D eigenvalue weighted by molar-refractivity contribution is -0.150. The van der Waals surface area contributed by atoms with Gasteiger partial charge in [-0.3, -0.25) is 4.79 Å². The summed E-state index contributed by atoms with van der Waals surface area (Å²) in [6.45, 7) is 3.60. The van der Waals surface area contributed by atoms with Crippen LogP contribution in [0.1, 0.15) is 23.6 Å². The molecule has 6 heteroatoms. The Morgan fingerprint density at radius 1 is 1.07 bits per heavy atom. The highest BCUT2D eigenvalue weighted by Crippen LogP contribution is 2.28. The standard InChI is InChI=1S/C22H25NO5/c1-4-7-17-10-11-19(20(12-17)26-3)27-15-22(25)28-14-21(24)23-13-18-9-6-5-8-16(18)2/h4-12H,13-15H2,1-3H3,(H,23,24)/b7-4+. The summed E-state index contributed by atoms with van der Waals surface area (Å²) in [7, 11) is 1.53. The van der Waals surface area contributed by atoms with Crippen molar-refractivity contribution in [1.29, 1.82) is 0 Å². The summed E-state index contributed by atoms with van der Waals surface area (Å²) in [5.41, 5.74) is 3.06. The molecule has 2 aromatic carbocycles. The van der Waals surface area contributed by atoms with Crippen molar-refractivity contribution in [3.05, 3.63) is 65.2 Å². The Labute approximate surface area is 165 Å². The second-order valence-electron chi connectivity index (χ2n) is 6.06. The number of esters is 1. The van der Waals surface area contributed by atoms with Gasteiger partial charge in [-0.05, 0) is 42.7 Å². The maximum atomic E-state index is 11.9. The fourth-order valence-electron chi connectivity index (χ4n) is 2.48. The van der Waals surface area contributed by atoms with Crippen LogP contribution in [0.3, 0.4) is 0 Å². The Morgan fingerprint density at radius 2 is 1.86 bits per heavy atom. The molecule has 0 aliphatic carbocycles. The lowest BCUT2D eigenvalue weighted by Crippen LogP contribution is -2.29. The Bertz CT molecular complexity index is 845. The predicted octanol–water partition coefficient (Wildman–Crippen LogP) is 3.28. The predicted molar refractivity (Wildman–Crippen MR) is 107 cm³/mol. The largest absolute Gasteiger partial charge is 0.493 e. The number of hydrogen-bond acceptors (Lipinski definition) is 5. The third kappa shape index (κ3) is 6.46. The minimum absolute atomic E-state index is 0.315. The molecule has 0 aliphatic rings. The van der Waals surface area contributed by atoms with E-state index in [4.69, 9.17) is 14.2 Å². The van der Waals surface area contributed by atoms with Crippen molar-refractivity contribution in [3.63, 3.8) is 0 Å². The van der Waals surface area contributed by atoms with Gasteiger partial charge in [0.25, 0.3) is 5.91 Å². The molecule has 148 valence electrons. The summed E-state index contributed by atoms with van der Waals surface area (Å²) in [6, 6.07) is 13.1. The summed E-state index contributed by atoms with van der Waals surface area (Å²) < 4.78 is 15.7. The first kappa shape index (κ1) is 21.0. The number of nitrogens with one attached hydrogen (secondary N) is 1. The molecule has 0 aromatic heterocycles. The van der Waals surface area contributed by atoms with Crippen molar-refractivity contribution in [1.82, 2.24) is 5.32 Å². The first-order valence-corrected chi connectivity index (χ1v) is 8.94. The molecule has 0 aliphatic heterocycles. The number of carbonyl (C=O) groups excluding carboxylic acids is 2. The van der Waals surface area contributed by atoms with E-state index in [0.29, 0.717) is 18.0 Å². The van der Waals surface area contributed by atoms with Crippen molar-refractivity contribution in [2.45, 2.75) is 20.4 Å². The molecule has 0 heterocycles. The molecule has 0 radical (unpaired) electrons. The average molecular weight is 383 g/mol. The highest BCUT2D eigenvalue weighted by molar-refractivity contribution is 5.81. The van der Waals surface area contributed by atoms with E-state index in [0.717, 1.165) is 16.7 Å². The van der Waals surface area contributed by atoms with Crippen LogP contribution in [0.5, 0.6) is 11.5 Å². The minimum Gasteiger partial charge on any atom is -0.493 e. The molecule has 0 saturated heterocycles. The van der Waals surface area contributed by atoms with Crippen molar-refractivity contribution in [2.24, 2.45) is 0 Å². The highest BCUT2D eigenvalue weighted by atomic mass is 16.6. The molecule has 0 bridgehead atoms. The summed E-state index contributed by atoms with van der Waals surface area (Å²) in [5, 5.41) is 2.72. The van der Waals surface area contributed by atoms with Gasteiger partial charge in [-0.25, -0.2) is 4.79 Å². The molecule has 2 aromatic rings. The number of ether oxygens (including phenoxy) is 3. The number of rotatable bonds is 9. The van der Waals surface area contributed by atoms with Crippen LogP contribution in [0.4, 0.5) is 0 Å². The van der Waals surface area contributed by atoms with E-state index in [9.17, 15) is 9.59 Å². The fourth-order valence-corrected chi connectivity index (χ4v) is 2.48. The fraction of sp³-hybridized carbons (Fsp3) is 0.273. The summed E-state index contributed by atoms with van der Waals surface area (Å²) in [6.07, 6.45) is 3.84. The molecule has 1 amide bonds. The zero-order chi connectivity index (χ0) is 20.4. The smallest absolute Gasteiger partial charge is 0.344 e. The van der Waals surface area contributed by atoms with Crippen molar-refractivity contribution in [2.75, 3.05) is 20.3 Å². The Morgan fingerprint density at radius 3 is 2.57 bits per heavy atom. The van der Waals surface area contributed by atoms with Gasteiger partial charge in [-0.1, -0.05) is 42.5 Å². The summed E-state index contributed by atoms with van der Waals surface area (Å²) >= 11 is 0. The number of allylic oxidation sites excluding steroid dienone is 1. The molecule has 0 spiro atoms. The Balaban J connectivity index is 1.76. The van der Waals surface area contributed by atoms with Gasteiger partial charge in [-0.2, -0.15) is 0 Å². The van der Waals surface area contributed by atoms with Crippen LogP contribution >= 0.6 is 0 Å². The zero-order valence-corrected chi connectivity index (χ0v) is 16.4. The maximum Gasteiger partial charge on any atom is 0.344 e. The van der Waals surface area contributed by atoms with Crippen molar-refractivity contribution >= 4 is 18.0 Å². The summed E-state index contributed by atoms with van der Waals surface area (Å²) in [5.74, 6) is -0.0633. The van der Waals surface area contributed by atoms with E-state index >= 15 is 0 Å². The van der Waals surface area contributed by atoms with Crippen molar-refractivity contribution in [3.8, 4) is 11.5 Å². The van der Waals surface area contributed by atoms with Gasteiger partial charge in [0.1, 0.15) is 0 Å². The van der Waals surface area contributed by atoms with Gasteiger partial charge in [0.15, 0.2) is 24.7 Å².